The van der Waals surface area contributed by atoms with E-state index in [9.17, 15) is 0 Å². The highest BCUT2D eigenvalue weighted by molar-refractivity contribution is 5.34. The van der Waals surface area contributed by atoms with Crippen LogP contribution < -0.4 is 4.74 Å². The smallest absolute Gasteiger partial charge is 0.119 e. The number of methoxy groups -OCH3 is 1. The van der Waals surface area contributed by atoms with Crippen molar-refractivity contribution in [3.05, 3.63) is 29.8 Å². The lowest BCUT2D eigenvalue weighted by molar-refractivity contribution is 0.164. The number of hydrogen-bond donors (Lipinski definition) is 0. The molecule has 0 N–H and O–H groups in total. The van der Waals surface area contributed by atoms with Gasteiger partial charge in [0.2, 0.25) is 0 Å². The molecule has 2 heterocycles. The first-order valence-corrected chi connectivity index (χ1v) is 10.3. The maximum absolute atomic E-state index is 5.50. The van der Waals surface area contributed by atoms with Crippen LogP contribution in [-0.2, 0) is 5.41 Å². The number of hydrogen-bond acceptors (Lipinski definition) is 3. The Morgan fingerprint density at radius 1 is 0.960 bits per heavy atom. The van der Waals surface area contributed by atoms with Gasteiger partial charge in [-0.05, 0) is 69.4 Å². The van der Waals surface area contributed by atoms with Crippen molar-refractivity contribution in [2.24, 2.45) is 0 Å². The van der Waals surface area contributed by atoms with Crippen molar-refractivity contribution in [1.29, 1.82) is 0 Å². The first kappa shape index (κ1) is 18.7. The Morgan fingerprint density at radius 2 is 1.68 bits per heavy atom. The minimum atomic E-state index is 0.285. The van der Waals surface area contributed by atoms with E-state index in [1.807, 2.05) is 0 Å². The first-order valence-electron chi connectivity index (χ1n) is 10.3. The van der Waals surface area contributed by atoms with Gasteiger partial charge in [0.25, 0.3) is 0 Å². The Hall–Kier alpha value is -1.06. The van der Waals surface area contributed by atoms with Gasteiger partial charge in [0.05, 0.1) is 7.11 Å². The molecule has 2 saturated heterocycles. The third kappa shape index (κ3) is 4.77. The number of nitrogens with zero attached hydrogens (tertiary/aromatic N) is 2. The van der Waals surface area contributed by atoms with Crippen LogP contribution in [0.1, 0.15) is 57.4 Å². The third-order valence-electron chi connectivity index (χ3n) is 6.45. The predicted octanol–water partition coefficient (Wildman–Crippen LogP) is 4.31. The summed E-state index contributed by atoms with van der Waals surface area (Å²) in [6.07, 6.45) is 9.40. The topological polar surface area (TPSA) is 15.7 Å². The van der Waals surface area contributed by atoms with Crippen LogP contribution in [0.3, 0.4) is 0 Å². The Kier molecular flexibility index (Phi) is 6.77. The largest absolute Gasteiger partial charge is 0.497 e. The van der Waals surface area contributed by atoms with Gasteiger partial charge in [-0.15, -0.1) is 0 Å². The average Bonchev–Trinajstić information content (AvgIpc) is 2.90. The second-order valence-electron chi connectivity index (χ2n) is 8.00. The fourth-order valence-corrected chi connectivity index (χ4v) is 4.72. The van der Waals surface area contributed by atoms with Crippen molar-refractivity contribution in [2.75, 3.05) is 46.4 Å². The molecule has 2 aliphatic heterocycles. The van der Waals surface area contributed by atoms with Gasteiger partial charge in [-0.2, -0.15) is 0 Å². The SMILES string of the molecule is CCC1(c2cccc(OC)c2)CCCCN(CCN2CCCCC2)C1. The van der Waals surface area contributed by atoms with Crippen LogP contribution in [0, 0.1) is 0 Å². The molecule has 0 amide bonds. The second kappa shape index (κ2) is 9.05. The van der Waals surface area contributed by atoms with Crippen molar-refractivity contribution in [1.82, 2.24) is 9.80 Å². The van der Waals surface area contributed by atoms with Gasteiger partial charge in [0.15, 0.2) is 0 Å². The molecule has 2 fully saturated rings. The minimum absolute atomic E-state index is 0.285. The number of piperidine rings is 1. The van der Waals surface area contributed by atoms with Crippen LogP contribution in [0.4, 0.5) is 0 Å². The van der Waals surface area contributed by atoms with Gasteiger partial charge in [-0.25, -0.2) is 0 Å². The summed E-state index contributed by atoms with van der Waals surface area (Å²) in [5.41, 5.74) is 1.76. The third-order valence-corrected chi connectivity index (χ3v) is 6.45. The molecule has 0 saturated carbocycles. The number of rotatable bonds is 6. The van der Waals surface area contributed by atoms with Crippen LogP contribution >= 0.6 is 0 Å². The zero-order valence-electron chi connectivity index (χ0n) is 16.3. The highest BCUT2D eigenvalue weighted by atomic mass is 16.5. The van der Waals surface area contributed by atoms with Gasteiger partial charge >= 0.3 is 0 Å². The van der Waals surface area contributed by atoms with E-state index in [0.717, 1.165) is 5.75 Å². The molecule has 3 heteroatoms. The molecule has 1 aromatic rings. The Labute approximate surface area is 154 Å². The van der Waals surface area contributed by atoms with Crippen LogP contribution in [0.15, 0.2) is 24.3 Å². The van der Waals surface area contributed by atoms with Crippen molar-refractivity contribution in [3.63, 3.8) is 0 Å². The number of likely N-dealkylation sites (tertiary alicyclic amines) is 2. The van der Waals surface area contributed by atoms with E-state index in [4.69, 9.17) is 4.74 Å². The quantitative estimate of drug-likeness (QED) is 0.764. The van der Waals surface area contributed by atoms with Crippen molar-refractivity contribution in [3.8, 4) is 5.75 Å². The summed E-state index contributed by atoms with van der Waals surface area (Å²) >= 11 is 0. The van der Waals surface area contributed by atoms with Crippen LogP contribution in [0.5, 0.6) is 5.75 Å². The van der Waals surface area contributed by atoms with Crippen LogP contribution in [0.25, 0.3) is 0 Å². The molecule has 0 bridgehead atoms. The summed E-state index contributed by atoms with van der Waals surface area (Å²) in [5.74, 6) is 0.995. The zero-order chi connectivity index (χ0) is 17.5. The molecule has 1 aromatic carbocycles. The van der Waals surface area contributed by atoms with E-state index in [1.54, 1.807) is 7.11 Å². The molecule has 0 spiro atoms. The average molecular weight is 345 g/mol. The van der Waals surface area contributed by atoms with Gasteiger partial charge in [0, 0.05) is 25.0 Å². The van der Waals surface area contributed by atoms with Crippen molar-refractivity contribution in [2.45, 2.75) is 57.3 Å². The molecule has 140 valence electrons. The lowest BCUT2D eigenvalue weighted by Crippen LogP contribution is -2.43. The van der Waals surface area contributed by atoms with Gasteiger partial charge in [-0.1, -0.05) is 31.9 Å². The van der Waals surface area contributed by atoms with Crippen LogP contribution in [0.2, 0.25) is 0 Å². The summed E-state index contributed by atoms with van der Waals surface area (Å²) in [4.78, 5) is 5.41. The van der Waals surface area contributed by atoms with Crippen molar-refractivity contribution >= 4 is 0 Å². The first-order chi connectivity index (χ1) is 12.3. The molecular formula is C22H36N2O. The minimum Gasteiger partial charge on any atom is -0.497 e. The Balaban J connectivity index is 1.69. The highest BCUT2D eigenvalue weighted by Gasteiger charge is 2.34. The monoisotopic (exact) mass is 344 g/mol. The van der Waals surface area contributed by atoms with Crippen molar-refractivity contribution < 1.29 is 4.74 Å². The zero-order valence-corrected chi connectivity index (χ0v) is 16.3. The predicted molar refractivity (Wildman–Crippen MR) is 106 cm³/mol. The Bertz CT molecular complexity index is 527. The van der Waals surface area contributed by atoms with E-state index >= 15 is 0 Å². The molecule has 2 aliphatic rings. The molecule has 25 heavy (non-hydrogen) atoms. The number of benzene rings is 1. The van der Waals surface area contributed by atoms with E-state index in [0.29, 0.717) is 0 Å². The lowest BCUT2D eigenvalue weighted by atomic mass is 9.74. The highest BCUT2D eigenvalue weighted by Crippen LogP contribution is 2.37. The number of ether oxygens (including phenoxy) is 1. The summed E-state index contributed by atoms with van der Waals surface area (Å²) in [7, 11) is 1.77. The molecular weight excluding hydrogens is 308 g/mol. The summed E-state index contributed by atoms with van der Waals surface area (Å²) in [5, 5.41) is 0. The van der Waals surface area contributed by atoms with E-state index in [1.165, 1.54) is 89.8 Å². The van der Waals surface area contributed by atoms with Gasteiger partial charge in [-0.3, -0.25) is 0 Å². The Morgan fingerprint density at radius 3 is 2.44 bits per heavy atom. The molecule has 3 rings (SSSR count). The van der Waals surface area contributed by atoms with E-state index in [-0.39, 0.29) is 5.41 Å². The molecule has 1 unspecified atom stereocenters. The lowest BCUT2D eigenvalue weighted by Gasteiger charge is -2.37. The maximum atomic E-state index is 5.50. The van der Waals surface area contributed by atoms with E-state index < -0.39 is 0 Å². The van der Waals surface area contributed by atoms with Gasteiger partial charge in [0.1, 0.15) is 5.75 Å². The maximum Gasteiger partial charge on any atom is 0.119 e. The normalized spacial score (nSPS) is 26.3. The van der Waals surface area contributed by atoms with Crippen LogP contribution in [-0.4, -0.2) is 56.2 Å². The molecule has 0 radical (unpaired) electrons. The van der Waals surface area contributed by atoms with E-state index in [2.05, 4.69) is 41.0 Å². The fourth-order valence-electron chi connectivity index (χ4n) is 4.72. The molecule has 3 nitrogen and oxygen atoms in total. The fraction of sp³-hybridized carbons (Fsp3) is 0.727. The standard InChI is InChI=1S/C22H36N2O/c1-3-22(20-10-9-11-21(18-20)25-2)12-5-8-15-24(19-22)17-16-23-13-6-4-7-14-23/h9-11,18H,3-8,12-17,19H2,1-2H3. The van der Waals surface area contributed by atoms with Gasteiger partial charge < -0.3 is 14.5 Å². The summed E-state index contributed by atoms with van der Waals surface area (Å²) < 4.78 is 5.50. The molecule has 0 aromatic heterocycles. The summed E-state index contributed by atoms with van der Waals surface area (Å²) in [6.45, 7) is 9.92. The molecule has 0 aliphatic carbocycles. The molecule has 1 atom stereocenters. The summed E-state index contributed by atoms with van der Waals surface area (Å²) in [6, 6.07) is 8.82. The second-order valence-corrected chi connectivity index (χ2v) is 8.00.